The summed E-state index contributed by atoms with van der Waals surface area (Å²) in [6.45, 7) is 10.2. The van der Waals surface area contributed by atoms with E-state index in [9.17, 15) is 0 Å². The molecule has 1 heteroatoms. The monoisotopic (exact) mass is 165 g/mol. The summed E-state index contributed by atoms with van der Waals surface area (Å²) < 4.78 is 0. The Hall–Kier alpha value is -0.980. The van der Waals surface area contributed by atoms with Crippen molar-refractivity contribution in [2.24, 2.45) is 0 Å². The van der Waals surface area contributed by atoms with Gasteiger partial charge >= 0.3 is 0 Å². The summed E-state index contributed by atoms with van der Waals surface area (Å²) in [7, 11) is 0. The van der Waals surface area contributed by atoms with E-state index in [1.807, 2.05) is 27.7 Å². The molecule has 68 valence electrons. The van der Waals surface area contributed by atoms with E-state index in [1.54, 1.807) is 0 Å². The number of nitrogens with two attached hydrogens (primary N) is 1. The molecule has 0 saturated carbocycles. The Kier molecular flexibility index (Phi) is 4.42. The molecule has 2 N–H and O–H groups in total. The number of benzene rings is 1. The lowest BCUT2D eigenvalue weighted by Gasteiger charge is -2.04. The van der Waals surface area contributed by atoms with E-state index in [4.69, 9.17) is 5.73 Å². The number of aryl methyl sites for hydroxylation is 3. The lowest BCUT2D eigenvalue weighted by Crippen LogP contribution is -1.93. The molecule has 0 amide bonds. The van der Waals surface area contributed by atoms with Crippen molar-refractivity contribution in [2.45, 2.75) is 34.6 Å². The van der Waals surface area contributed by atoms with Gasteiger partial charge in [-0.3, -0.25) is 0 Å². The molecule has 1 aromatic rings. The Balaban J connectivity index is 0.000000561. The molecule has 0 radical (unpaired) electrons. The third kappa shape index (κ3) is 2.57. The van der Waals surface area contributed by atoms with Gasteiger partial charge in [0.25, 0.3) is 0 Å². The highest BCUT2D eigenvalue weighted by atomic mass is 14.6. The Morgan fingerprint density at radius 3 is 1.58 bits per heavy atom. The SMILES string of the molecule is CC.Cc1cc(C)c(N)c(C)c1. The maximum absolute atomic E-state index is 5.75. The van der Waals surface area contributed by atoms with Crippen molar-refractivity contribution in [3.8, 4) is 0 Å². The second-order valence-electron chi connectivity index (χ2n) is 2.81. The summed E-state index contributed by atoms with van der Waals surface area (Å²) in [4.78, 5) is 0. The molecule has 0 aliphatic heterocycles. The molecule has 0 aromatic heterocycles. The zero-order valence-electron chi connectivity index (χ0n) is 8.73. The van der Waals surface area contributed by atoms with Gasteiger partial charge in [0.05, 0.1) is 0 Å². The summed E-state index contributed by atoms with van der Waals surface area (Å²) in [5, 5.41) is 0. The number of rotatable bonds is 0. The first-order chi connectivity index (χ1) is 5.61. The molecule has 0 heterocycles. The second-order valence-corrected chi connectivity index (χ2v) is 2.81. The van der Waals surface area contributed by atoms with E-state index in [0.29, 0.717) is 0 Å². The highest BCUT2D eigenvalue weighted by Gasteiger charge is 1.96. The van der Waals surface area contributed by atoms with E-state index in [0.717, 1.165) is 5.69 Å². The average molecular weight is 165 g/mol. The van der Waals surface area contributed by atoms with Crippen LogP contribution in [0.4, 0.5) is 5.69 Å². The molecule has 0 spiro atoms. The fourth-order valence-corrected chi connectivity index (χ4v) is 1.19. The zero-order chi connectivity index (χ0) is 9.72. The summed E-state index contributed by atoms with van der Waals surface area (Å²) in [5.41, 5.74) is 10.3. The van der Waals surface area contributed by atoms with Crippen LogP contribution in [0.5, 0.6) is 0 Å². The Labute approximate surface area is 75.6 Å². The number of nitrogen functional groups attached to an aromatic ring is 1. The van der Waals surface area contributed by atoms with E-state index >= 15 is 0 Å². The van der Waals surface area contributed by atoms with Crippen molar-refractivity contribution < 1.29 is 0 Å². The molecule has 0 atom stereocenters. The van der Waals surface area contributed by atoms with Gasteiger partial charge in [0.2, 0.25) is 0 Å². The molecule has 1 aromatic carbocycles. The second kappa shape index (κ2) is 4.81. The molecule has 0 aliphatic carbocycles. The van der Waals surface area contributed by atoms with Gasteiger partial charge in [0, 0.05) is 5.69 Å². The molecule has 0 fully saturated rings. The largest absolute Gasteiger partial charge is 0.398 e. The number of hydrogen-bond donors (Lipinski definition) is 1. The van der Waals surface area contributed by atoms with E-state index in [1.165, 1.54) is 16.7 Å². The molecular formula is C11H19N. The fourth-order valence-electron chi connectivity index (χ4n) is 1.19. The lowest BCUT2D eigenvalue weighted by molar-refractivity contribution is 1.33. The van der Waals surface area contributed by atoms with Crippen LogP contribution >= 0.6 is 0 Å². The molecule has 1 rings (SSSR count). The first kappa shape index (κ1) is 11.0. The van der Waals surface area contributed by atoms with Crippen LogP contribution in [0.2, 0.25) is 0 Å². The third-order valence-electron chi connectivity index (χ3n) is 1.74. The van der Waals surface area contributed by atoms with Gasteiger partial charge < -0.3 is 5.73 Å². The quantitative estimate of drug-likeness (QED) is 0.587. The van der Waals surface area contributed by atoms with E-state index < -0.39 is 0 Å². The number of anilines is 1. The predicted octanol–water partition coefficient (Wildman–Crippen LogP) is 3.22. The average Bonchev–Trinajstić information content (AvgIpc) is 2.04. The lowest BCUT2D eigenvalue weighted by atomic mass is 10.1. The van der Waals surface area contributed by atoms with Gasteiger partial charge in [-0.25, -0.2) is 0 Å². The van der Waals surface area contributed by atoms with E-state index in [-0.39, 0.29) is 0 Å². The van der Waals surface area contributed by atoms with Crippen LogP contribution in [0.3, 0.4) is 0 Å². The summed E-state index contributed by atoms with van der Waals surface area (Å²) in [5.74, 6) is 0. The van der Waals surface area contributed by atoms with Gasteiger partial charge in [-0.1, -0.05) is 31.5 Å². The first-order valence-electron chi connectivity index (χ1n) is 4.44. The van der Waals surface area contributed by atoms with Crippen LogP contribution in [-0.4, -0.2) is 0 Å². The summed E-state index contributed by atoms with van der Waals surface area (Å²) >= 11 is 0. The van der Waals surface area contributed by atoms with Gasteiger partial charge in [-0.15, -0.1) is 0 Å². The van der Waals surface area contributed by atoms with E-state index in [2.05, 4.69) is 19.1 Å². The first-order valence-corrected chi connectivity index (χ1v) is 4.44. The van der Waals surface area contributed by atoms with Crippen LogP contribution in [0.1, 0.15) is 30.5 Å². The predicted molar refractivity (Wildman–Crippen MR) is 56.4 cm³/mol. The van der Waals surface area contributed by atoms with Crippen LogP contribution < -0.4 is 5.73 Å². The number of hydrogen-bond acceptors (Lipinski definition) is 1. The zero-order valence-corrected chi connectivity index (χ0v) is 8.73. The van der Waals surface area contributed by atoms with Crippen LogP contribution in [0, 0.1) is 20.8 Å². The normalized spacial score (nSPS) is 8.75. The summed E-state index contributed by atoms with van der Waals surface area (Å²) in [6, 6.07) is 4.20. The molecule has 12 heavy (non-hydrogen) atoms. The van der Waals surface area contributed by atoms with Gasteiger partial charge in [0.1, 0.15) is 0 Å². The maximum Gasteiger partial charge on any atom is 0.0373 e. The van der Waals surface area contributed by atoms with Gasteiger partial charge in [-0.2, -0.15) is 0 Å². The molecule has 0 saturated heterocycles. The van der Waals surface area contributed by atoms with Gasteiger partial charge in [0.15, 0.2) is 0 Å². The maximum atomic E-state index is 5.75. The van der Waals surface area contributed by atoms with Crippen molar-refractivity contribution >= 4 is 5.69 Å². The standard InChI is InChI=1S/C9H13N.C2H6/c1-6-4-7(2)9(10)8(3)5-6;1-2/h4-5H,10H2,1-3H3;1-2H3. The molecule has 1 nitrogen and oxygen atoms in total. The fraction of sp³-hybridized carbons (Fsp3) is 0.455. The smallest absolute Gasteiger partial charge is 0.0373 e. The highest BCUT2D eigenvalue weighted by Crippen LogP contribution is 2.17. The minimum Gasteiger partial charge on any atom is -0.398 e. The topological polar surface area (TPSA) is 26.0 Å². The molecule has 0 aliphatic rings. The molecule has 0 bridgehead atoms. The Morgan fingerprint density at radius 2 is 1.25 bits per heavy atom. The Morgan fingerprint density at radius 1 is 0.917 bits per heavy atom. The molecule has 0 unspecified atom stereocenters. The van der Waals surface area contributed by atoms with Crippen molar-refractivity contribution in [3.05, 3.63) is 28.8 Å². The Bertz CT molecular complexity index is 228. The minimum absolute atomic E-state index is 0.922. The minimum atomic E-state index is 0.922. The van der Waals surface area contributed by atoms with Crippen molar-refractivity contribution in [1.29, 1.82) is 0 Å². The third-order valence-corrected chi connectivity index (χ3v) is 1.74. The van der Waals surface area contributed by atoms with Crippen molar-refractivity contribution in [3.63, 3.8) is 0 Å². The van der Waals surface area contributed by atoms with Crippen molar-refractivity contribution in [1.82, 2.24) is 0 Å². The van der Waals surface area contributed by atoms with Crippen molar-refractivity contribution in [2.75, 3.05) is 5.73 Å². The van der Waals surface area contributed by atoms with Crippen LogP contribution in [-0.2, 0) is 0 Å². The molecular weight excluding hydrogens is 146 g/mol. The van der Waals surface area contributed by atoms with Crippen LogP contribution in [0.15, 0.2) is 12.1 Å². The van der Waals surface area contributed by atoms with Gasteiger partial charge in [-0.05, 0) is 31.9 Å². The van der Waals surface area contributed by atoms with Crippen LogP contribution in [0.25, 0.3) is 0 Å². The highest BCUT2D eigenvalue weighted by molar-refractivity contribution is 5.54. The summed E-state index contributed by atoms with van der Waals surface area (Å²) in [6.07, 6.45) is 0.